The van der Waals surface area contributed by atoms with Crippen LogP contribution in [0.15, 0.2) is 24.3 Å². The summed E-state index contributed by atoms with van der Waals surface area (Å²) in [4.78, 5) is 12.1. The molecule has 0 saturated carbocycles. The number of aryl methyl sites for hydroxylation is 1. The zero-order valence-electron chi connectivity index (χ0n) is 13.7. The van der Waals surface area contributed by atoms with Crippen molar-refractivity contribution >= 4 is 5.97 Å². The lowest BCUT2D eigenvalue weighted by Crippen LogP contribution is -2.52. The highest BCUT2D eigenvalue weighted by atomic mass is 16.5. The van der Waals surface area contributed by atoms with Crippen molar-refractivity contribution < 1.29 is 14.3 Å². The third-order valence-corrected chi connectivity index (χ3v) is 3.52. The average Bonchev–Trinajstić information content (AvgIpc) is 2.46. The summed E-state index contributed by atoms with van der Waals surface area (Å²) < 4.78 is 10.9. The Morgan fingerprint density at radius 3 is 2.62 bits per heavy atom. The summed E-state index contributed by atoms with van der Waals surface area (Å²) in [5.74, 6) is 0.601. The van der Waals surface area contributed by atoms with Crippen molar-refractivity contribution in [1.82, 2.24) is 5.32 Å². The molecule has 0 saturated heterocycles. The van der Waals surface area contributed by atoms with Crippen LogP contribution >= 0.6 is 0 Å². The summed E-state index contributed by atoms with van der Waals surface area (Å²) >= 11 is 0. The molecule has 0 spiro atoms. The Hall–Kier alpha value is -1.55. The van der Waals surface area contributed by atoms with Crippen molar-refractivity contribution in [3.05, 3.63) is 29.8 Å². The minimum Gasteiger partial charge on any atom is -0.490 e. The Morgan fingerprint density at radius 1 is 1.38 bits per heavy atom. The largest absolute Gasteiger partial charge is 0.490 e. The van der Waals surface area contributed by atoms with Gasteiger partial charge in [-0.25, -0.2) is 0 Å². The number of para-hydroxylation sites is 1. The molecule has 1 aromatic rings. The molecule has 1 N–H and O–H groups in total. The second kappa shape index (κ2) is 8.03. The van der Waals surface area contributed by atoms with Gasteiger partial charge in [0.25, 0.3) is 0 Å². The molecule has 118 valence electrons. The van der Waals surface area contributed by atoms with Gasteiger partial charge in [0.05, 0.1) is 13.2 Å². The van der Waals surface area contributed by atoms with Crippen molar-refractivity contribution in [1.29, 1.82) is 0 Å². The Labute approximate surface area is 127 Å². The average molecular weight is 293 g/mol. The standard InChI is InChI=1S/C17H27NO3/c1-6-11-18-17(4,16(19)20-5)12-14(3)21-15-10-8-7-9-13(15)2/h7-10,14,18H,6,11-12H2,1-5H3. The summed E-state index contributed by atoms with van der Waals surface area (Å²) in [6, 6.07) is 7.88. The van der Waals surface area contributed by atoms with Crippen molar-refractivity contribution in [2.45, 2.75) is 52.2 Å². The van der Waals surface area contributed by atoms with E-state index in [1.807, 2.05) is 45.0 Å². The highest BCUT2D eigenvalue weighted by molar-refractivity contribution is 5.80. The van der Waals surface area contributed by atoms with Crippen LogP contribution in [-0.2, 0) is 9.53 Å². The maximum atomic E-state index is 12.1. The highest BCUT2D eigenvalue weighted by Gasteiger charge is 2.35. The van der Waals surface area contributed by atoms with E-state index in [0.717, 1.165) is 24.3 Å². The molecule has 4 heteroatoms. The van der Waals surface area contributed by atoms with E-state index in [4.69, 9.17) is 9.47 Å². The molecule has 0 aliphatic heterocycles. The van der Waals surface area contributed by atoms with Gasteiger partial charge in [0, 0.05) is 6.42 Å². The highest BCUT2D eigenvalue weighted by Crippen LogP contribution is 2.22. The topological polar surface area (TPSA) is 47.6 Å². The van der Waals surface area contributed by atoms with Crippen LogP contribution < -0.4 is 10.1 Å². The van der Waals surface area contributed by atoms with E-state index in [1.54, 1.807) is 0 Å². The Kier molecular flexibility index (Phi) is 6.69. The quantitative estimate of drug-likeness (QED) is 0.748. The van der Waals surface area contributed by atoms with E-state index in [-0.39, 0.29) is 12.1 Å². The third kappa shape index (κ3) is 5.05. The normalized spacial score (nSPS) is 15.1. The predicted molar refractivity (Wildman–Crippen MR) is 84.6 cm³/mol. The number of rotatable bonds is 8. The van der Waals surface area contributed by atoms with Crippen LogP contribution in [0.2, 0.25) is 0 Å². The Morgan fingerprint density at radius 2 is 2.05 bits per heavy atom. The first-order chi connectivity index (χ1) is 9.92. The summed E-state index contributed by atoms with van der Waals surface area (Å²) in [5, 5.41) is 3.27. The van der Waals surface area contributed by atoms with Gasteiger partial charge in [0.1, 0.15) is 11.3 Å². The number of benzene rings is 1. The smallest absolute Gasteiger partial charge is 0.325 e. The molecule has 0 bridgehead atoms. The molecule has 1 rings (SSSR count). The van der Waals surface area contributed by atoms with Crippen molar-refractivity contribution in [2.75, 3.05) is 13.7 Å². The van der Waals surface area contributed by atoms with E-state index in [0.29, 0.717) is 6.42 Å². The molecular weight excluding hydrogens is 266 g/mol. The van der Waals surface area contributed by atoms with Crippen LogP contribution in [0.1, 0.15) is 39.2 Å². The van der Waals surface area contributed by atoms with Gasteiger partial charge in [-0.1, -0.05) is 25.1 Å². The fourth-order valence-corrected chi connectivity index (χ4v) is 2.38. The second-order valence-electron chi connectivity index (χ2n) is 5.65. The van der Waals surface area contributed by atoms with Gasteiger partial charge < -0.3 is 14.8 Å². The summed E-state index contributed by atoms with van der Waals surface area (Å²) in [6.45, 7) is 8.69. The first-order valence-electron chi connectivity index (χ1n) is 7.48. The number of esters is 1. The molecule has 0 aliphatic carbocycles. The number of carbonyl (C=O) groups excluding carboxylic acids is 1. The number of carbonyl (C=O) groups is 1. The van der Waals surface area contributed by atoms with Crippen LogP contribution in [0.25, 0.3) is 0 Å². The zero-order valence-corrected chi connectivity index (χ0v) is 13.7. The van der Waals surface area contributed by atoms with Crippen molar-refractivity contribution in [2.24, 2.45) is 0 Å². The number of nitrogens with one attached hydrogen (secondary N) is 1. The van der Waals surface area contributed by atoms with Crippen LogP contribution in [0.5, 0.6) is 5.75 Å². The molecular formula is C17H27NO3. The monoisotopic (exact) mass is 293 g/mol. The van der Waals surface area contributed by atoms with Crippen LogP contribution in [0.3, 0.4) is 0 Å². The fourth-order valence-electron chi connectivity index (χ4n) is 2.38. The number of ether oxygens (including phenoxy) is 2. The van der Waals surface area contributed by atoms with Gasteiger partial charge in [0.15, 0.2) is 0 Å². The molecule has 2 atom stereocenters. The lowest BCUT2D eigenvalue weighted by atomic mass is 9.94. The molecule has 0 aliphatic rings. The molecule has 0 fully saturated rings. The predicted octanol–water partition coefficient (Wildman–Crippen LogP) is 3.08. The van der Waals surface area contributed by atoms with E-state index in [2.05, 4.69) is 12.2 Å². The number of methoxy groups -OCH3 is 1. The lowest BCUT2D eigenvalue weighted by Gasteiger charge is -2.31. The molecule has 21 heavy (non-hydrogen) atoms. The fraction of sp³-hybridized carbons (Fsp3) is 0.588. The lowest BCUT2D eigenvalue weighted by molar-refractivity contribution is -0.149. The van der Waals surface area contributed by atoms with Crippen molar-refractivity contribution in [3.63, 3.8) is 0 Å². The van der Waals surface area contributed by atoms with Crippen molar-refractivity contribution in [3.8, 4) is 5.75 Å². The molecule has 1 aromatic carbocycles. The minimum atomic E-state index is -0.729. The van der Waals surface area contributed by atoms with Crippen LogP contribution in [-0.4, -0.2) is 31.3 Å². The van der Waals surface area contributed by atoms with Gasteiger partial charge in [0.2, 0.25) is 0 Å². The molecule has 0 radical (unpaired) electrons. The minimum absolute atomic E-state index is 0.0976. The van der Waals surface area contributed by atoms with E-state index < -0.39 is 5.54 Å². The maximum absolute atomic E-state index is 12.1. The second-order valence-corrected chi connectivity index (χ2v) is 5.65. The third-order valence-electron chi connectivity index (χ3n) is 3.52. The first kappa shape index (κ1) is 17.5. The summed E-state index contributed by atoms with van der Waals surface area (Å²) in [7, 11) is 1.42. The molecule has 2 unspecified atom stereocenters. The van der Waals surface area contributed by atoms with E-state index in [9.17, 15) is 4.79 Å². The van der Waals surface area contributed by atoms with Gasteiger partial charge >= 0.3 is 5.97 Å². The Bertz CT molecular complexity index is 461. The van der Waals surface area contributed by atoms with Crippen LogP contribution in [0, 0.1) is 6.92 Å². The Balaban J connectivity index is 2.74. The molecule has 0 heterocycles. The zero-order chi connectivity index (χ0) is 15.9. The SMILES string of the molecule is CCCNC(C)(CC(C)Oc1ccccc1C)C(=O)OC. The van der Waals surface area contributed by atoms with Gasteiger partial charge in [-0.15, -0.1) is 0 Å². The summed E-state index contributed by atoms with van der Waals surface area (Å²) in [6.07, 6.45) is 1.41. The first-order valence-corrected chi connectivity index (χ1v) is 7.48. The number of hydrogen-bond donors (Lipinski definition) is 1. The van der Waals surface area contributed by atoms with E-state index in [1.165, 1.54) is 7.11 Å². The van der Waals surface area contributed by atoms with E-state index >= 15 is 0 Å². The van der Waals surface area contributed by atoms with Crippen LogP contribution in [0.4, 0.5) is 0 Å². The van der Waals surface area contributed by atoms with Gasteiger partial charge in [-0.05, 0) is 45.4 Å². The molecule has 4 nitrogen and oxygen atoms in total. The molecule has 0 aromatic heterocycles. The van der Waals surface area contributed by atoms with Gasteiger partial charge in [-0.3, -0.25) is 4.79 Å². The molecule has 0 amide bonds. The maximum Gasteiger partial charge on any atom is 0.325 e. The van der Waals surface area contributed by atoms with Gasteiger partial charge in [-0.2, -0.15) is 0 Å². The summed E-state index contributed by atoms with van der Waals surface area (Å²) in [5.41, 5.74) is 0.359. The number of hydrogen-bond acceptors (Lipinski definition) is 4.